The Labute approximate surface area is 170 Å². The van der Waals surface area contributed by atoms with E-state index in [-0.39, 0.29) is 6.04 Å². The summed E-state index contributed by atoms with van der Waals surface area (Å²) in [6, 6.07) is 9.94. The fourth-order valence-corrected chi connectivity index (χ4v) is 3.93. The summed E-state index contributed by atoms with van der Waals surface area (Å²) in [5.74, 6) is 0. The van der Waals surface area contributed by atoms with Crippen molar-refractivity contribution in [3.63, 3.8) is 0 Å². The minimum Gasteiger partial charge on any atom is -0.377 e. The van der Waals surface area contributed by atoms with Gasteiger partial charge in [-0.1, -0.05) is 0 Å². The fourth-order valence-electron chi connectivity index (χ4n) is 3.93. The predicted octanol–water partition coefficient (Wildman–Crippen LogP) is 4.37. The second kappa shape index (κ2) is 7.22. The summed E-state index contributed by atoms with van der Waals surface area (Å²) in [4.78, 5) is 4.52. The summed E-state index contributed by atoms with van der Waals surface area (Å²) in [5, 5.41) is 21.6. The summed E-state index contributed by atoms with van der Waals surface area (Å²) in [7, 11) is 0. The average Bonchev–Trinajstić information content (AvgIpc) is 3.40. The third-order valence-corrected chi connectivity index (χ3v) is 5.34. The molecule has 9 heteroatoms. The number of aromatic nitrogens is 5. The summed E-state index contributed by atoms with van der Waals surface area (Å²) >= 11 is 0. The number of nitrogens with zero attached hydrogens (tertiary/aromatic N) is 6. The Kier molecular flexibility index (Phi) is 4.39. The van der Waals surface area contributed by atoms with E-state index < -0.39 is 6.55 Å². The molecule has 30 heavy (non-hydrogen) atoms. The van der Waals surface area contributed by atoms with E-state index in [1.165, 1.54) is 12.4 Å². The molecule has 1 aliphatic rings. The minimum atomic E-state index is -2.70. The van der Waals surface area contributed by atoms with Gasteiger partial charge >= 0.3 is 6.55 Å². The first-order valence-electron chi connectivity index (χ1n) is 9.58. The first-order valence-corrected chi connectivity index (χ1v) is 9.58. The van der Waals surface area contributed by atoms with Gasteiger partial charge in [-0.25, -0.2) is 9.36 Å². The second-order valence-corrected chi connectivity index (χ2v) is 7.26. The Bertz CT molecular complexity index is 1270. The van der Waals surface area contributed by atoms with Gasteiger partial charge in [-0.3, -0.25) is 4.98 Å². The zero-order valence-electron chi connectivity index (χ0n) is 15.8. The Morgan fingerprint density at radius 1 is 1.17 bits per heavy atom. The van der Waals surface area contributed by atoms with Gasteiger partial charge in [0.05, 0.1) is 41.4 Å². The van der Waals surface area contributed by atoms with Crippen LogP contribution in [0.1, 0.15) is 42.3 Å². The fraction of sp³-hybridized carbons (Fsp3) is 0.238. The van der Waals surface area contributed by atoms with E-state index in [0.29, 0.717) is 15.9 Å². The highest BCUT2D eigenvalue weighted by Crippen LogP contribution is 2.32. The molecular formula is C21H17F2N7. The van der Waals surface area contributed by atoms with Crippen molar-refractivity contribution < 1.29 is 8.78 Å². The number of anilines is 1. The van der Waals surface area contributed by atoms with E-state index in [2.05, 4.69) is 26.6 Å². The van der Waals surface area contributed by atoms with Crippen LogP contribution in [-0.4, -0.2) is 24.5 Å². The van der Waals surface area contributed by atoms with Crippen molar-refractivity contribution in [1.82, 2.24) is 24.5 Å². The van der Waals surface area contributed by atoms with Gasteiger partial charge in [-0.05, 0) is 49.1 Å². The van der Waals surface area contributed by atoms with Crippen molar-refractivity contribution in [2.75, 3.05) is 5.32 Å². The molecule has 150 valence electrons. The molecule has 0 amide bonds. The zero-order valence-corrected chi connectivity index (χ0v) is 15.8. The first-order chi connectivity index (χ1) is 14.6. The molecule has 1 aromatic carbocycles. The monoisotopic (exact) mass is 405 g/mol. The largest absolute Gasteiger partial charge is 0.377 e. The number of hydrogen-bond donors (Lipinski definition) is 1. The van der Waals surface area contributed by atoms with Gasteiger partial charge in [0.15, 0.2) is 0 Å². The number of halogens is 2. The highest BCUT2D eigenvalue weighted by atomic mass is 19.3. The van der Waals surface area contributed by atoms with Gasteiger partial charge < -0.3 is 5.32 Å². The van der Waals surface area contributed by atoms with Crippen LogP contribution in [0.25, 0.3) is 16.6 Å². The van der Waals surface area contributed by atoms with Gasteiger partial charge in [0.25, 0.3) is 0 Å². The van der Waals surface area contributed by atoms with Gasteiger partial charge in [0, 0.05) is 17.3 Å². The number of pyridine rings is 1. The lowest BCUT2D eigenvalue weighted by Crippen LogP contribution is -2.19. The molecule has 0 saturated carbocycles. The van der Waals surface area contributed by atoms with Gasteiger partial charge in [-0.15, -0.1) is 0 Å². The molecule has 3 aromatic heterocycles. The lowest BCUT2D eigenvalue weighted by Gasteiger charge is -2.26. The van der Waals surface area contributed by atoms with Crippen LogP contribution in [0.4, 0.5) is 14.5 Å². The zero-order chi connectivity index (χ0) is 20.7. The molecule has 0 bridgehead atoms. The topological polar surface area (TPSA) is 84.3 Å². The standard InChI is InChI=1S/C21H17F2N7/c22-21(23)29-12-17(11-26-29)30-19-7-16(5-4-15(19)10-27-30)28-18-3-1-2-14-6-13(8-24)9-25-20(14)18/h4-7,9-12,18,21,28H,1-3H2/t18-/m1/s1. The molecule has 5 rings (SSSR count). The highest BCUT2D eigenvalue weighted by molar-refractivity contribution is 5.83. The molecule has 7 nitrogen and oxygen atoms in total. The van der Waals surface area contributed by atoms with Gasteiger partial charge in [-0.2, -0.15) is 24.2 Å². The molecule has 1 atom stereocenters. The quantitative estimate of drug-likeness (QED) is 0.545. The lowest BCUT2D eigenvalue weighted by molar-refractivity contribution is 0.0566. The Hall–Kier alpha value is -3.80. The normalized spacial score (nSPS) is 15.9. The van der Waals surface area contributed by atoms with Crippen LogP contribution in [0.3, 0.4) is 0 Å². The first kappa shape index (κ1) is 18.2. The van der Waals surface area contributed by atoms with E-state index in [1.807, 2.05) is 24.3 Å². The number of benzene rings is 1. The van der Waals surface area contributed by atoms with E-state index in [4.69, 9.17) is 5.26 Å². The second-order valence-electron chi connectivity index (χ2n) is 7.26. The number of alkyl halides is 2. The van der Waals surface area contributed by atoms with E-state index in [0.717, 1.165) is 47.1 Å². The highest BCUT2D eigenvalue weighted by Gasteiger charge is 2.22. The number of hydrogen-bond acceptors (Lipinski definition) is 5. The molecule has 1 N–H and O–H groups in total. The Morgan fingerprint density at radius 2 is 2.07 bits per heavy atom. The molecule has 0 unspecified atom stereocenters. The molecule has 1 aliphatic carbocycles. The molecule has 0 spiro atoms. The third kappa shape index (κ3) is 3.16. The van der Waals surface area contributed by atoms with Crippen LogP contribution in [0, 0.1) is 11.3 Å². The van der Waals surface area contributed by atoms with Crippen LogP contribution in [0.2, 0.25) is 0 Å². The molecule has 0 fully saturated rings. The van der Waals surface area contributed by atoms with Crippen molar-refractivity contribution in [3.8, 4) is 11.8 Å². The number of nitrogens with one attached hydrogen (secondary N) is 1. The van der Waals surface area contributed by atoms with Crippen molar-refractivity contribution >= 4 is 16.6 Å². The van der Waals surface area contributed by atoms with E-state index >= 15 is 0 Å². The molecular weight excluding hydrogens is 388 g/mol. The summed E-state index contributed by atoms with van der Waals surface area (Å²) in [5.41, 5.74) is 4.78. The van der Waals surface area contributed by atoms with Crippen LogP contribution < -0.4 is 5.32 Å². The van der Waals surface area contributed by atoms with Crippen molar-refractivity contribution in [2.45, 2.75) is 31.9 Å². The number of rotatable bonds is 4. The third-order valence-electron chi connectivity index (χ3n) is 5.34. The van der Waals surface area contributed by atoms with Crippen LogP contribution >= 0.6 is 0 Å². The van der Waals surface area contributed by atoms with Crippen LogP contribution in [0.15, 0.2) is 49.1 Å². The van der Waals surface area contributed by atoms with Crippen molar-refractivity contribution in [1.29, 1.82) is 5.26 Å². The lowest BCUT2D eigenvalue weighted by atomic mass is 9.91. The molecule has 3 heterocycles. The summed E-state index contributed by atoms with van der Waals surface area (Å²) in [6.07, 6.45) is 8.80. The number of nitriles is 1. The van der Waals surface area contributed by atoms with Crippen LogP contribution in [-0.2, 0) is 6.42 Å². The van der Waals surface area contributed by atoms with Gasteiger partial charge in [0.2, 0.25) is 0 Å². The maximum Gasteiger partial charge on any atom is 0.333 e. The Morgan fingerprint density at radius 3 is 2.87 bits per heavy atom. The Balaban J connectivity index is 1.47. The maximum atomic E-state index is 12.9. The molecule has 0 saturated heterocycles. The van der Waals surface area contributed by atoms with E-state index in [9.17, 15) is 8.78 Å². The van der Waals surface area contributed by atoms with E-state index in [1.54, 1.807) is 17.1 Å². The van der Waals surface area contributed by atoms with Crippen molar-refractivity contribution in [2.24, 2.45) is 0 Å². The predicted molar refractivity (Wildman–Crippen MR) is 106 cm³/mol. The minimum absolute atomic E-state index is 0.0388. The summed E-state index contributed by atoms with van der Waals surface area (Å²) in [6.45, 7) is -2.70. The maximum absolute atomic E-state index is 12.9. The molecule has 0 radical (unpaired) electrons. The number of aryl methyl sites for hydroxylation is 1. The smallest absolute Gasteiger partial charge is 0.333 e. The number of fused-ring (bicyclic) bond motifs is 2. The average molecular weight is 405 g/mol. The molecule has 4 aromatic rings. The van der Waals surface area contributed by atoms with Gasteiger partial charge in [0.1, 0.15) is 11.8 Å². The summed E-state index contributed by atoms with van der Waals surface area (Å²) < 4.78 is 27.9. The van der Waals surface area contributed by atoms with Crippen LogP contribution in [0.5, 0.6) is 0 Å². The molecule has 0 aliphatic heterocycles. The SMILES string of the molecule is N#Cc1cnc2c(c1)CCC[C@H]2Nc1ccc2cnn(-c3cnn(C(F)F)c3)c2c1. The van der Waals surface area contributed by atoms with Crippen molar-refractivity contribution in [3.05, 3.63) is 65.9 Å².